The van der Waals surface area contributed by atoms with Gasteiger partial charge in [0, 0.05) is 30.9 Å². The smallest absolute Gasteiger partial charge is 0.321 e. The Labute approximate surface area is 126 Å². The lowest BCUT2D eigenvalue weighted by Crippen LogP contribution is -2.44. The number of likely N-dealkylation sites (tertiary alicyclic amines) is 1. The van der Waals surface area contributed by atoms with E-state index in [0.717, 1.165) is 0 Å². The first-order valence-corrected chi connectivity index (χ1v) is 6.92. The Morgan fingerprint density at radius 3 is 2.77 bits per heavy atom. The van der Waals surface area contributed by atoms with Crippen LogP contribution in [0.25, 0.3) is 0 Å². The van der Waals surface area contributed by atoms with Crippen molar-refractivity contribution in [3.63, 3.8) is 0 Å². The fourth-order valence-corrected chi connectivity index (χ4v) is 2.46. The lowest BCUT2D eigenvalue weighted by Gasteiger charge is -2.30. The van der Waals surface area contributed by atoms with Crippen LogP contribution in [0, 0.1) is 23.0 Å². The maximum Gasteiger partial charge on any atom is 0.321 e. The molecule has 0 radical (unpaired) electrons. The molecule has 1 heterocycles. The highest BCUT2D eigenvalue weighted by atomic mass is 16.6. The van der Waals surface area contributed by atoms with E-state index < -0.39 is 16.8 Å². The number of piperidine rings is 1. The van der Waals surface area contributed by atoms with Gasteiger partial charge in [0.15, 0.2) is 0 Å². The van der Waals surface area contributed by atoms with Gasteiger partial charge in [-0.25, -0.2) is 4.79 Å². The van der Waals surface area contributed by atoms with Crippen LogP contribution in [0.5, 0.6) is 0 Å². The number of nitrogens with zero attached hydrogens (tertiary/aromatic N) is 2. The van der Waals surface area contributed by atoms with E-state index in [1.54, 1.807) is 6.92 Å². The first-order valence-electron chi connectivity index (χ1n) is 6.92. The van der Waals surface area contributed by atoms with Gasteiger partial charge in [0.25, 0.3) is 5.69 Å². The first kappa shape index (κ1) is 15.7. The van der Waals surface area contributed by atoms with Crippen LogP contribution in [0.1, 0.15) is 18.4 Å². The Bertz CT molecular complexity index is 616. The Morgan fingerprint density at radius 2 is 2.18 bits per heavy atom. The van der Waals surface area contributed by atoms with Gasteiger partial charge >= 0.3 is 12.0 Å². The van der Waals surface area contributed by atoms with Crippen LogP contribution in [0.15, 0.2) is 18.2 Å². The molecular formula is C14H17N3O5. The Hall–Kier alpha value is -2.64. The Balaban J connectivity index is 2.05. The zero-order valence-corrected chi connectivity index (χ0v) is 12.1. The van der Waals surface area contributed by atoms with Crippen LogP contribution < -0.4 is 5.32 Å². The average molecular weight is 307 g/mol. The number of carboxylic acid groups (broad SMARTS) is 1. The molecule has 0 bridgehead atoms. The number of aryl methyl sites for hydroxylation is 1. The summed E-state index contributed by atoms with van der Waals surface area (Å²) in [6.07, 6.45) is 1.21. The topological polar surface area (TPSA) is 113 Å². The van der Waals surface area contributed by atoms with E-state index in [1.807, 2.05) is 0 Å². The third kappa shape index (κ3) is 3.51. The van der Waals surface area contributed by atoms with Crippen LogP contribution in [0.2, 0.25) is 0 Å². The number of hydrogen-bond donors (Lipinski definition) is 2. The molecule has 8 nitrogen and oxygen atoms in total. The number of benzene rings is 1. The van der Waals surface area contributed by atoms with Crippen molar-refractivity contribution in [2.45, 2.75) is 19.8 Å². The van der Waals surface area contributed by atoms with E-state index in [4.69, 9.17) is 5.11 Å². The van der Waals surface area contributed by atoms with Crippen LogP contribution in [-0.4, -0.2) is 40.0 Å². The standard InChI is InChI=1S/C14H17N3O5/c1-9-7-11(17(21)22)4-5-12(9)15-14(20)16-6-2-3-10(8-16)13(18)19/h4-5,7,10H,2-3,6,8H2,1H3,(H,15,20)(H,18,19). The highest BCUT2D eigenvalue weighted by Crippen LogP contribution is 2.23. The third-order valence-electron chi connectivity index (χ3n) is 3.72. The number of urea groups is 1. The van der Waals surface area contributed by atoms with E-state index in [2.05, 4.69) is 5.32 Å². The molecule has 0 saturated carbocycles. The molecule has 1 atom stereocenters. The summed E-state index contributed by atoms with van der Waals surface area (Å²) in [5, 5.41) is 22.4. The molecule has 1 aliphatic heterocycles. The van der Waals surface area contributed by atoms with Gasteiger partial charge in [-0.15, -0.1) is 0 Å². The molecule has 1 aromatic rings. The SMILES string of the molecule is Cc1cc([N+](=O)[O-])ccc1NC(=O)N1CCCC(C(=O)O)C1. The number of aliphatic carboxylic acids is 1. The Morgan fingerprint density at radius 1 is 1.45 bits per heavy atom. The second-order valence-electron chi connectivity index (χ2n) is 5.31. The lowest BCUT2D eigenvalue weighted by molar-refractivity contribution is -0.384. The van der Waals surface area contributed by atoms with Crippen molar-refractivity contribution in [2.24, 2.45) is 5.92 Å². The molecule has 1 unspecified atom stereocenters. The number of nitro groups is 1. The Kier molecular flexibility index (Phi) is 4.59. The van der Waals surface area contributed by atoms with E-state index >= 15 is 0 Å². The summed E-state index contributed by atoms with van der Waals surface area (Å²) < 4.78 is 0. The van der Waals surface area contributed by atoms with Gasteiger partial charge in [-0.2, -0.15) is 0 Å². The summed E-state index contributed by atoms with van der Waals surface area (Å²) in [6, 6.07) is 3.79. The molecule has 0 spiro atoms. The van der Waals surface area contributed by atoms with Crippen molar-refractivity contribution in [3.05, 3.63) is 33.9 Å². The molecule has 2 rings (SSSR count). The van der Waals surface area contributed by atoms with Gasteiger partial charge in [0.05, 0.1) is 10.8 Å². The number of anilines is 1. The zero-order valence-electron chi connectivity index (χ0n) is 12.1. The van der Waals surface area contributed by atoms with Gasteiger partial charge in [-0.1, -0.05) is 0 Å². The first-order chi connectivity index (χ1) is 10.4. The number of hydrogen-bond acceptors (Lipinski definition) is 4. The number of nitrogens with one attached hydrogen (secondary N) is 1. The third-order valence-corrected chi connectivity index (χ3v) is 3.72. The van der Waals surface area contributed by atoms with Gasteiger partial charge < -0.3 is 15.3 Å². The van der Waals surface area contributed by atoms with Crippen molar-refractivity contribution in [1.29, 1.82) is 0 Å². The predicted molar refractivity (Wildman–Crippen MR) is 78.8 cm³/mol. The zero-order chi connectivity index (χ0) is 16.3. The van der Waals surface area contributed by atoms with Crippen LogP contribution >= 0.6 is 0 Å². The molecule has 1 fully saturated rings. The summed E-state index contributed by atoms with van der Waals surface area (Å²) in [4.78, 5) is 34.9. The van der Waals surface area contributed by atoms with Crippen LogP contribution in [-0.2, 0) is 4.79 Å². The minimum absolute atomic E-state index is 0.0422. The molecule has 1 saturated heterocycles. The molecule has 118 valence electrons. The van der Waals surface area contributed by atoms with Gasteiger partial charge in [0.1, 0.15) is 0 Å². The molecule has 2 amide bonds. The lowest BCUT2D eigenvalue weighted by atomic mass is 9.99. The van der Waals surface area contributed by atoms with E-state index in [0.29, 0.717) is 30.6 Å². The minimum atomic E-state index is -0.899. The summed E-state index contributed by atoms with van der Waals surface area (Å²) >= 11 is 0. The quantitative estimate of drug-likeness (QED) is 0.656. The summed E-state index contributed by atoms with van der Waals surface area (Å²) in [5.74, 6) is -1.44. The fourth-order valence-electron chi connectivity index (χ4n) is 2.46. The maximum absolute atomic E-state index is 12.2. The number of carbonyl (C=O) groups excluding carboxylic acids is 1. The number of rotatable bonds is 3. The van der Waals surface area contributed by atoms with E-state index in [9.17, 15) is 19.7 Å². The highest BCUT2D eigenvalue weighted by Gasteiger charge is 2.28. The monoisotopic (exact) mass is 307 g/mol. The number of carboxylic acids is 1. The summed E-state index contributed by atoms with van der Waals surface area (Å²) in [5.41, 5.74) is 1.02. The van der Waals surface area contributed by atoms with E-state index in [1.165, 1.54) is 23.1 Å². The molecule has 1 aromatic carbocycles. The van der Waals surface area contributed by atoms with Crippen LogP contribution in [0.4, 0.5) is 16.2 Å². The maximum atomic E-state index is 12.2. The molecule has 1 aliphatic rings. The van der Waals surface area contributed by atoms with Gasteiger partial charge in [0.2, 0.25) is 0 Å². The fraction of sp³-hybridized carbons (Fsp3) is 0.429. The number of non-ortho nitro benzene ring substituents is 1. The normalized spacial score (nSPS) is 17.9. The number of amides is 2. The number of carbonyl (C=O) groups is 2. The van der Waals surface area contributed by atoms with Crippen molar-refractivity contribution in [1.82, 2.24) is 4.90 Å². The summed E-state index contributed by atoms with van der Waals surface area (Å²) in [6.45, 7) is 2.34. The molecule has 8 heteroatoms. The van der Waals surface area contributed by atoms with Crippen molar-refractivity contribution in [3.8, 4) is 0 Å². The molecule has 22 heavy (non-hydrogen) atoms. The van der Waals surface area contributed by atoms with E-state index in [-0.39, 0.29) is 18.3 Å². The second-order valence-corrected chi connectivity index (χ2v) is 5.31. The highest BCUT2D eigenvalue weighted by molar-refractivity contribution is 5.90. The van der Waals surface area contributed by atoms with Crippen molar-refractivity contribution in [2.75, 3.05) is 18.4 Å². The number of nitro benzene ring substituents is 1. The summed E-state index contributed by atoms with van der Waals surface area (Å²) in [7, 11) is 0. The molecule has 0 aromatic heterocycles. The minimum Gasteiger partial charge on any atom is -0.481 e. The molecule has 2 N–H and O–H groups in total. The van der Waals surface area contributed by atoms with Crippen LogP contribution in [0.3, 0.4) is 0 Å². The molecule has 0 aliphatic carbocycles. The average Bonchev–Trinajstić information content (AvgIpc) is 2.49. The van der Waals surface area contributed by atoms with Gasteiger partial charge in [-0.05, 0) is 31.4 Å². The van der Waals surface area contributed by atoms with Crippen molar-refractivity contribution >= 4 is 23.4 Å². The van der Waals surface area contributed by atoms with Crippen molar-refractivity contribution < 1.29 is 19.6 Å². The second kappa shape index (κ2) is 6.42. The molecular weight excluding hydrogens is 290 g/mol. The van der Waals surface area contributed by atoms with Gasteiger partial charge in [-0.3, -0.25) is 14.9 Å². The largest absolute Gasteiger partial charge is 0.481 e. The predicted octanol–water partition coefficient (Wildman–Crippen LogP) is 2.23.